The predicted octanol–water partition coefficient (Wildman–Crippen LogP) is 4.58. The number of ketones is 1. The Morgan fingerprint density at radius 3 is 2.47 bits per heavy atom. The lowest BCUT2D eigenvalue weighted by Crippen LogP contribution is -2.09. The number of allylic oxidation sites excluding steroid dienone is 1. The minimum absolute atomic E-state index is 0.113. The highest BCUT2D eigenvalue weighted by atomic mass is 16.7. The average Bonchev–Trinajstić information content (AvgIpc) is 3.45. The molecule has 2 heterocycles. The number of Topliss-reactive ketones (excluding diaryl/α,β-unsaturated/α-hetero) is 1. The molecule has 8 nitrogen and oxygen atoms in total. The Bertz CT molecular complexity index is 1360. The minimum atomic E-state index is -0.563. The number of carbonyl (C=O) groups is 2. The second kappa shape index (κ2) is 8.47. The van der Waals surface area contributed by atoms with Gasteiger partial charge in [0.1, 0.15) is 11.5 Å². The summed E-state index contributed by atoms with van der Waals surface area (Å²) in [6.45, 7) is 1.84. The first-order valence-corrected chi connectivity index (χ1v) is 10.4. The Morgan fingerprint density at radius 1 is 0.912 bits per heavy atom. The maximum Gasteiger partial charge on any atom is 0.343 e. The van der Waals surface area contributed by atoms with E-state index in [0.717, 1.165) is 0 Å². The molecule has 0 N–H and O–H groups in total. The first-order chi connectivity index (χ1) is 16.5. The molecule has 0 atom stereocenters. The van der Waals surface area contributed by atoms with Crippen LogP contribution in [0.15, 0.2) is 54.3 Å². The van der Waals surface area contributed by atoms with Crippen molar-refractivity contribution in [2.75, 3.05) is 21.0 Å². The third-order valence-corrected chi connectivity index (χ3v) is 5.55. The highest BCUT2D eigenvalue weighted by Crippen LogP contribution is 2.40. The van der Waals surface area contributed by atoms with E-state index in [-0.39, 0.29) is 18.3 Å². The number of rotatable bonds is 5. The first-order valence-electron chi connectivity index (χ1n) is 10.4. The maximum atomic E-state index is 12.9. The zero-order chi connectivity index (χ0) is 23.8. The molecule has 0 spiro atoms. The van der Waals surface area contributed by atoms with Crippen LogP contribution >= 0.6 is 0 Å². The molecule has 5 rings (SSSR count). The van der Waals surface area contributed by atoms with Crippen LogP contribution in [0.5, 0.6) is 34.5 Å². The number of methoxy groups -OCH3 is 2. The standard InChI is InChI=1S/C26H20O8/c1-14-18(34-26(28)16-5-8-20-22(12-16)32-13-31-20)9-6-17-24(27)23(33-25(14)17)11-15-4-7-19(29-2)21(10-15)30-3/h4-12H,13H2,1-3H3/b23-11-. The zero-order valence-electron chi connectivity index (χ0n) is 18.7. The van der Waals surface area contributed by atoms with E-state index in [2.05, 4.69) is 0 Å². The molecular weight excluding hydrogens is 440 g/mol. The molecule has 34 heavy (non-hydrogen) atoms. The van der Waals surface area contributed by atoms with Gasteiger partial charge in [0.25, 0.3) is 0 Å². The molecule has 0 amide bonds. The van der Waals surface area contributed by atoms with Crippen molar-refractivity contribution in [1.29, 1.82) is 0 Å². The number of carbonyl (C=O) groups excluding carboxylic acids is 2. The van der Waals surface area contributed by atoms with Crippen molar-refractivity contribution in [3.8, 4) is 34.5 Å². The van der Waals surface area contributed by atoms with Gasteiger partial charge in [-0.3, -0.25) is 4.79 Å². The highest BCUT2D eigenvalue weighted by Gasteiger charge is 2.31. The minimum Gasteiger partial charge on any atom is -0.493 e. The van der Waals surface area contributed by atoms with Crippen LogP contribution in [0.4, 0.5) is 0 Å². The molecule has 0 aliphatic carbocycles. The molecule has 2 aliphatic rings. The van der Waals surface area contributed by atoms with E-state index in [9.17, 15) is 9.59 Å². The summed E-state index contributed by atoms with van der Waals surface area (Å²) in [5, 5.41) is 0. The van der Waals surface area contributed by atoms with E-state index in [1.165, 1.54) is 7.11 Å². The first kappa shape index (κ1) is 21.4. The number of hydrogen-bond acceptors (Lipinski definition) is 8. The summed E-state index contributed by atoms with van der Waals surface area (Å²) in [5.74, 6) is 2.15. The van der Waals surface area contributed by atoms with Crippen molar-refractivity contribution < 1.29 is 38.0 Å². The molecular formula is C26H20O8. The molecule has 0 fully saturated rings. The molecule has 0 unspecified atom stereocenters. The van der Waals surface area contributed by atoms with Crippen LogP contribution in [0, 0.1) is 6.92 Å². The van der Waals surface area contributed by atoms with Gasteiger partial charge in [0.15, 0.2) is 28.8 Å². The third kappa shape index (κ3) is 3.69. The fraction of sp³-hybridized carbons (Fsp3) is 0.154. The van der Waals surface area contributed by atoms with E-state index < -0.39 is 5.97 Å². The number of benzene rings is 3. The second-order valence-corrected chi connectivity index (χ2v) is 7.58. The number of esters is 1. The Labute approximate surface area is 195 Å². The van der Waals surface area contributed by atoms with Crippen molar-refractivity contribution in [2.24, 2.45) is 0 Å². The van der Waals surface area contributed by atoms with Gasteiger partial charge < -0.3 is 28.4 Å². The number of fused-ring (bicyclic) bond motifs is 2. The maximum absolute atomic E-state index is 12.9. The van der Waals surface area contributed by atoms with Crippen LogP contribution in [0.1, 0.15) is 31.8 Å². The molecule has 3 aromatic rings. The molecule has 0 aromatic heterocycles. The SMILES string of the molecule is COc1ccc(/C=C2\Oc3c(ccc(OC(=O)c4ccc5c(c4)OCO5)c3C)C2=O)cc1OC. The predicted molar refractivity (Wildman–Crippen MR) is 121 cm³/mol. The third-order valence-electron chi connectivity index (χ3n) is 5.55. The molecule has 8 heteroatoms. The van der Waals surface area contributed by atoms with Crippen LogP contribution in [0.25, 0.3) is 6.08 Å². The summed E-state index contributed by atoms with van der Waals surface area (Å²) in [7, 11) is 3.09. The Balaban J connectivity index is 1.39. The fourth-order valence-electron chi connectivity index (χ4n) is 3.75. The molecule has 2 aliphatic heterocycles. The summed E-state index contributed by atoms with van der Waals surface area (Å²) in [6, 6.07) is 13.3. The van der Waals surface area contributed by atoms with Gasteiger partial charge in [-0.25, -0.2) is 4.79 Å². The van der Waals surface area contributed by atoms with E-state index in [1.807, 2.05) is 0 Å². The summed E-state index contributed by atoms with van der Waals surface area (Å²) >= 11 is 0. The van der Waals surface area contributed by atoms with Gasteiger partial charge in [0, 0.05) is 5.56 Å². The van der Waals surface area contributed by atoms with E-state index >= 15 is 0 Å². The highest BCUT2D eigenvalue weighted by molar-refractivity contribution is 6.15. The number of ether oxygens (including phenoxy) is 6. The normalized spacial score (nSPS) is 14.6. The average molecular weight is 460 g/mol. The van der Waals surface area contributed by atoms with Gasteiger partial charge in [-0.2, -0.15) is 0 Å². The van der Waals surface area contributed by atoms with Crippen molar-refractivity contribution >= 4 is 17.8 Å². The van der Waals surface area contributed by atoms with Gasteiger partial charge in [-0.1, -0.05) is 6.07 Å². The van der Waals surface area contributed by atoms with Crippen molar-refractivity contribution in [2.45, 2.75) is 6.92 Å². The van der Waals surface area contributed by atoms with E-state index in [4.69, 9.17) is 28.4 Å². The van der Waals surface area contributed by atoms with Crippen LogP contribution in [0.3, 0.4) is 0 Å². The van der Waals surface area contributed by atoms with Crippen molar-refractivity contribution in [3.05, 3.63) is 76.5 Å². The monoisotopic (exact) mass is 460 g/mol. The second-order valence-electron chi connectivity index (χ2n) is 7.58. The van der Waals surface area contributed by atoms with Gasteiger partial charge in [-0.05, 0) is 61.0 Å². The largest absolute Gasteiger partial charge is 0.493 e. The smallest absolute Gasteiger partial charge is 0.343 e. The van der Waals surface area contributed by atoms with Crippen LogP contribution < -0.4 is 28.4 Å². The van der Waals surface area contributed by atoms with Crippen molar-refractivity contribution in [3.63, 3.8) is 0 Å². The van der Waals surface area contributed by atoms with Gasteiger partial charge in [0.2, 0.25) is 12.6 Å². The topological polar surface area (TPSA) is 89.5 Å². The van der Waals surface area contributed by atoms with Crippen LogP contribution in [-0.2, 0) is 0 Å². The fourth-order valence-corrected chi connectivity index (χ4v) is 3.75. The van der Waals surface area contributed by atoms with E-state index in [0.29, 0.717) is 56.8 Å². The Hall–Kier alpha value is -4.46. The zero-order valence-corrected chi connectivity index (χ0v) is 18.7. The summed E-state index contributed by atoms with van der Waals surface area (Å²) in [5.41, 5.74) is 1.96. The Morgan fingerprint density at radius 2 is 1.68 bits per heavy atom. The lowest BCUT2D eigenvalue weighted by atomic mass is 10.1. The van der Waals surface area contributed by atoms with Gasteiger partial charge in [-0.15, -0.1) is 0 Å². The molecule has 0 saturated heterocycles. The lowest BCUT2D eigenvalue weighted by molar-refractivity contribution is 0.0732. The number of hydrogen-bond donors (Lipinski definition) is 0. The molecule has 3 aromatic carbocycles. The van der Waals surface area contributed by atoms with Gasteiger partial charge in [0.05, 0.1) is 25.3 Å². The molecule has 0 radical (unpaired) electrons. The lowest BCUT2D eigenvalue weighted by Gasteiger charge is -2.10. The van der Waals surface area contributed by atoms with Crippen LogP contribution in [0.2, 0.25) is 0 Å². The molecule has 172 valence electrons. The van der Waals surface area contributed by atoms with Crippen molar-refractivity contribution in [1.82, 2.24) is 0 Å². The van der Waals surface area contributed by atoms with Gasteiger partial charge >= 0.3 is 5.97 Å². The van der Waals surface area contributed by atoms with E-state index in [1.54, 1.807) is 68.6 Å². The molecule has 0 saturated carbocycles. The summed E-state index contributed by atoms with van der Waals surface area (Å²) in [6.07, 6.45) is 1.63. The van der Waals surface area contributed by atoms with Crippen LogP contribution in [-0.4, -0.2) is 32.8 Å². The quantitative estimate of drug-likeness (QED) is 0.311. The summed E-state index contributed by atoms with van der Waals surface area (Å²) < 4.78 is 32.6. The summed E-state index contributed by atoms with van der Waals surface area (Å²) in [4.78, 5) is 25.6. The Kier molecular flexibility index (Phi) is 5.33. The molecule has 0 bridgehead atoms.